The fraction of sp³-hybridized carbons (Fsp3) is 0.333. The molecule has 21 heavy (non-hydrogen) atoms. The van der Waals surface area contributed by atoms with Crippen molar-refractivity contribution in [2.24, 2.45) is 0 Å². The van der Waals surface area contributed by atoms with E-state index in [0.29, 0.717) is 0 Å². The van der Waals surface area contributed by atoms with Crippen molar-refractivity contribution in [3.05, 3.63) is 33.6 Å². The van der Waals surface area contributed by atoms with E-state index < -0.39 is 45.6 Å². The summed E-state index contributed by atoms with van der Waals surface area (Å²) in [7, 11) is 0. The van der Waals surface area contributed by atoms with E-state index in [-0.39, 0.29) is 12.1 Å². The lowest BCUT2D eigenvalue weighted by Crippen LogP contribution is -2.54. The van der Waals surface area contributed by atoms with Crippen molar-refractivity contribution in [1.82, 2.24) is 0 Å². The molecule has 0 aliphatic rings. The summed E-state index contributed by atoms with van der Waals surface area (Å²) in [6.07, 6.45) is -12.6. The maximum atomic E-state index is 13.2. The average molecular weight is 322 g/mol. The maximum absolute atomic E-state index is 13.2. The molecule has 0 aliphatic carbocycles. The third-order valence-electron chi connectivity index (χ3n) is 2.54. The van der Waals surface area contributed by atoms with E-state index >= 15 is 0 Å². The number of hydrogen-bond acceptors (Lipinski definition) is 4. The zero-order valence-corrected chi connectivity index (χ0v) is 9.59. The number of halogens is 7. The molecule has 1 rings (SSSR count). The molecule has 1 aromatic rings. The maximum Gasteiger partial charge on any atom is 0.430 e. The average Bonchev–Trinajstić information content (AvgIpc) is 2.27. The molecule has 0 saturated carbocycles. The van der Waals surface area contributed by atoms with Crippen LogP contribution in [0.5, 0.6) is 0 Å². The van der Waals surface area contributed by atoms with Gasteiger partial charge in [0, 0.05) is 11.6 Å². The lowest BCUT2D eigenvalue weighted by atomic mass is 9.91. The van der Waals surface area contributed by atoms with Crippen LogP contribution >= 0.6 is 0 Å². The van der Waals surface area contributed by atoms with Gasteiger partial charge in [-0.25, -0.2) is 4.39 Å². The van der Waals surface area contributed by atoms with Crippen LogP contribution in [0.15, 0.2) is 12.1 Å². The normalized spacial score (nSPS) is 13.3. The number of nitrogen functional groups attached to an aromatic ring is 1. The minimum absolute atomic E-state index is 0.278. The standard InChI is InChI=1S/C9H5F7N2O3/c10-4-1-3(2-5(6(4)17)18(20)21)7(19,8(11,12)13)9(14,15)16/h1-2,19H,17H2. The van der Waals surface area contributed by atoms with Gasteiger partial charge >= 0.3 is 12.4 Å². The molecule has 0 radical (unpaired) electrons. The molecule has 12 heteroatoms. The van der Waals surface area contributed by atoms with Gasteiger partial charge in [0.25, 0.3) is 11.3 Å². The summed E-state index contributed by atoms with van der Waals surface area (Å²) in [5.41, 5.74) is -5.50. The van der Waals surface area contributed by atoms with Crippen LogP contribution in [0.2, 0.25) is 0 Å². The van der Waals surface area contributed by atoms with Crippen molar-refractivity contribution in [3.63, 3.8) is 0 Å². The predicted octanol–water partition coefficient (Wildman–Crippen LogP) is 2.63. The molecule has 5 nitrogen and oxygen atoms in total. The zero-order chi connectivity index (χ0) is 16.8. The minimum Gasteiger partial charge on any atom is -0.391 e. The summed E-state index contributed by atoms with van der Waals surface area (Å²) in [6.45, 7) is 0. The third kappa shape index (κ3) is 2.57. The van der Waals surface area contributed by atoms with E-state index in [9.17, 15) is 40.8 Å². The molecule has 0 fully saturated rings. The Labute approximate surface area is 110 Å². The number of aliphatic hydroxyl groups is 1. The Bertz CT molecular complexity index is 568. The Morgan fingerprint density at radius 3 is 1.86 bits per heavy atom. The minimum atomic E-state index is -6.29. The van der Waals surface area contributed by atoms with Gasteiger partial charge in [-0.3, -0.25) is 10.1 Å². The topological polar surface area (TPSA) is 89.4 Å². The number of alkyl halides is 6. The van der Waals surface area contributed by atoms with Gasteiger partial charge in [0.1, 0.15) is 5.69 Å². The second kappa shape index (κ2) is 4.72. The Balaban J connectivity index is 3.74. The number of nitrogens with zero attached hydrogens (tertiary/aromatic N) is 1. The van der Waals surface area contributed by atoms with Crippen LogP contribution in [-0.2, 0) is 5.60 Å². The van der Waals surface area contributed by atoms with E-state index in [0.717, 1.165) is 0 Å². The van der Waals surface area contributed by atoms with Gasteiger partial charge in [-0.15, -0.1) is 0 Å². The van der Waals surface area contributed by atoms with Crippen LogP contribution in [0.25, 0.3) is 0 Å². The lowest BCUT2D eigenvalue weighted by Gasteiger charge is -2.32. The third-order valence-corrected chi connectivity index (χ3v) is 2.54. The zero-order valence-electron chi connectivity index (χ0n) is 9.59. The second-order valence-electron chi connectivity index (χ2n) is 3.85. The van der Waals surface area contributed by atoms with Crippen LogP contribution < -0.4 is 5.73 Å². The highest BCUT2D eigenvalue weighted by atomic mass is 19.4. The molecule has 0 heterocycles. The monoisotopic (exact) mass is 322 g/mol. The fourth-order valence-electron chi connectivity index (χ4n) is 1.45. The molecule has 118 valence electrons. The number of benzene rings is 1. The van der Waals surface area contributed by atoms with E-state index in [1.807, 2.05) is 0 Å². The number of nitrogens with two attached hydrogens (primary N) is 1. The second-order valence-corrected chi connectivity index (χ2v) is 3.85. The summed E-state index contributed by atoms with van der Waals surface area (Å²) in [4.78, 5) is 8.99. The molecule has 0 aromatic heterocycles. The Morgan fingerprint density at radius 1 is 1.10 bits per heavy atom. The molecule has 0 bridgehead atoms. The molecule has 0 amide bonds. The summed E-state index contributed by atoms with van der Waals surface area (Å²) in [5, 5.41) is 19.5. The lowest BCUT2D eigenvalue weighted by molar-refractivity contribution is -0.386. The van der Waals surface area contributed by atoms with Crippen molar-refractivity contribution in [2.45, 2.75) is 18.0 Å². The van der Waals surface area contributed by atoms with E-state index in [4.69, 9.17) is 10.8 Å². The summed E-state index contributed by atoms with van der Waals surface area (Å²) < 4.78 is 88.6. The molecule has 0 unspecified atom stereocenters. The molecule has 0 aliphatic heterocycles. The summed E-state index contributed by atoms with van der Waals surface area (Å²) in [5.74, 6) is -1.90. The first-order valence-corrected chi connectivity index (χ1v) is 4.83. The van der Waals surface area contributed by atoms with Gasteiger partial charge in [0.2, 0.25) is 0 Å². The van der Waals surface area contributed by atoms with E-state index in [1.165, 1.54) is 0 Å². The summed E-state index contributed by atoms with van der Waals surface area (Å²) >= 11 is 0. The highest BCUT2D eigenvalue weighted by molar-refractivity contribution is 5.61. The van der Waals surface area contributed by atoms with Crippen LogP contribution in [0, 0.1) is 15.9 Å². The van der Waals surface area contributed by atoms with Crippen molar-refractivity contribution in [3.8, 4) is 0 Å². The molecule has 0 saturated heterocycles. The highest BCUT2D eigenvalue weighted by Gasteiger charge is 2.71. The van der Waals surface area contributed by atoms with Gasteiger partial charge in [-0.2, -0.15) is 26.3 Å². The summed E-state index contributed by atoms with van der Waals surface area (Å²) in [6, 6.07) is -0.636. The first-order chi connectivity index (χ1) is 9.23. The van der Waals surface area contributed by atoms with E-state index in [2.05, 4.69) is 0 Å². The quantitative estimate of drug-likeness (QED) is 0.379. The number of rotatable bonds is 2. The highest BCUT2D eigenvalue weighted by Crippen LogP contribution is 2.51. The van der Waals surface area contributed by atoms with Crippen molar-refractivity contribution >= 4 is 11.4 Å². The molecular formula is C9H5F7N2O3. The number of nitro groups is 1. The number of anilines is 1. The molecular weight excluding hydrogens is 317 g/mol. The predicted molar refractivity (Wildman–Crippen MR) is 53.5 cm³/mol. The smallest absolute Gasteiger partial charge is 0.391 e. The van der Waals surface area contributed by atoms with Gasteiger partial charge in [0.15, 0.2) is 5.82 Å². The Hall–Kier alpha value is -2.11. The fourth-order valence-corrected chi connectivity index (χ4v) is 1.45. The molecule has 0 spiro atoms. The van der Waals surface area contributed by atoms with E-state index in [1.54, 1.807) is 0 Å². The molecule has 0 atom stereocenters. The molecule has 3 N–H and O–H groups in total. The van der Waals surface area contributed by atoms with Gasteiger partial charge < -0.3 is 10.8 Å². The number of nitro benzene ring substituents is 1. The van der Waals surface area contributed by atoms with Crippen molar-refractivity contribution < 1.29 is 40.8 Å². The van der Waals surface area contributed by atoms with Gasteiger partial charge in [0.05, 0.1) is 4.92 Å². The Morgan fingerprint density at radius 2 is 1.52 bits per heavy atom. The number of hydrogen-bond donors (Lipinski definition) is 2. The van der Waals surface area contributed by atoms with Crippen LogP contribution in [0.4, 0.5) is 42.1 Å². The van der Waals surface area contributed by atoms with Gasteiger partial charge in [-0.05, 0) is 6.07 Å². The molecule has 1 aromatic carbocycles. The van der Waals surface area contributed by atoms with Crippen LogP contribution in [0.1, 0.15) is 5.56 Å². The Kier molecular flexibility index (Phi) is 3.81. The SMILES string of the molecule is Nc1c(F)cc(C(O)(C(F)(F)F)C(F)(F)F)cc1[N+](=O)[O-]. The van der Waals surface area contributed by atoms with Crippen LogP contribution in [-0.4, -0.2) is 22.4 Å². The first kappa shape index (κ1) is 16.9. The van der Waals surface area contributed by atoms with Crippen molar-refractivity contribution in [1.29, 1.82) is 0 Å². The first-order valence-electron chi connectivity index (χ1n) is 4.83. The van der Waals surface area contributed by atoms with Crippen molar-refractivity contribution in [2.75, 3.05) is 5.73 Å². The largest absolute Gasteiger partial charge is 0.430 e. The van der Waals surface area contributed by atoms with Crippen LogP contribution in [0.3, 0.4) is 0 Å². The van der Waals surface area contributed by atoms with Gasteiger partial charge in [-0.1, -0.05) is 0 Å².